The van der Waals surface area contributed by atoms with Gasteiger partial charge in [0.2, 0.25) is 0 Å². The number of rotatable bonds is 1. The van der Waals surface area contributed by atoms with Gasteiger partial charge in [-0.05, 0) is 36.6 Å². The summed E-state index contributed by atoms with van der Waals surface area (Å²) in [6.45, 7) is 2.07. The molecule has 2 nitrogen and oxygen atoms in total. The number of furan rings is 1. The number of benzene rings is 1. The smallest absolute Gasteiger partial charge is 0.138 e. The highest BCUT2D eigenvalue weighted by Crippen LogP contribution is 2.36. The summed E-state index contributed by atoms with van der Waals surface area (Å²) in [5.41, 5.74) is 10.4. The third kappa shape index (κ3) is 1.57. The molecule has 0 fully saturated rings. The van der Waals surface area contributed by atoms with Gasteiger partial charge < -0.3 is 10.2 Å². The van der Waals surface area contributed by atoms with Crippen LogP contribution in [0, 0.1) is 6.92 Å². The summed E-state index contributed by atoms with van der Waals surface area (Å²) in [7, 11) is 0. The molecule has 2 N–H and O–H groups in total. The van der Waals surface area contributed by atoms with Crippen molar-refractivity contribution in [1.82, 2.24) is 0 Å². The highest BCUT2D eigenvalue weighted by molar-refractivity contribution is 5.93. The van der Waals surface area contributed by atoms with Crippen molar-refractivity contribution in [2.45, 2.75) is 19.3 Å². The van der Waals surface area contributed by atoms with E-state index in [1.165, 1.54) is 5.56 Å². The number of nitrogen functional groups attached to an aromatic ring is 1. The first-order chi connectivity index (χ1) is 8.27. The Morgan fingerprint density at radius 1 is 1.35 bits per heavy atom. The van der Waals surface area contributed by atoms with Crippen LogP contribution in [0.5, 0.6) is 0 Å². The molecule has 2 heteroatoms. The standard InChI is InChI=1S/C15H15NO/c1-10-9-13(11-5-3-2-4-6-11)14(16)12-7-8-17-15(10)12/h2-5,7-9,11H,6,16H2,1H3. The molecule has 0 spiro atoms. The lowest BCUT2D eigenvalue weighted by Gasteiger charge is -2.17. The quantitative estimate of drug-likeness (QED) is 0.747. The second kappa shape index (κ2) is 3.81. The lowest BCUT2D eigenvalue weighted by molar-refractivity contribution is 0.613. The number of nitrogens with two attached hydrogens (primary N) is 1. The van der Waals surface area contributed by atoms with E-state index in [9.17, 15) is 0 Å². The van der Waals surface area contributed by atoms with Gasteiger partial charge in [-0.2, -0.15) is 0 Å². The molecule has 1 heterocycles. The Labute approximate surface area is 100 Å². The molecule has 1 aromatic carbocycles. The van der Waals surface area contributed by atoms with Crippen molar-refractivity contribution in [3.63, 3.8) is 0 Å². The molecule has 3 rings (SSSR count). The minimum Gasteiger partial charge on any atom is -0.464 e. The first-order valence-corrected chi connectivity index (χ1v) is 5.87. The molecular weight excluding hydrogens is 210 g/mol. The molecule has 1 aliphatic carbocycles. The average molecular weight is 225 g/mol. The van der Waals surface area contributed by atoms with Gasteiger partial charge in [-0.15, -0.1) is 0 Å². The molecule has 0 bridgehead atoms. The number of aryl methyl sites for hydroxylation is 1. The molecule has 0 saturated carbocycles. The van der Waals surface area contributed by atoms with Gasteiger partial charge in [0.1, 0.15) is 5.58 Å². The van der Waals surface area contributed by atoms with E-state index in [0.717, 1.165) is 28.6 Å². The van der Waals surface area contributed by atoms with Crippen LogP contribution in [0.25, 0.3) is 11.0 Å². The normalized spacial score (nSPS) is 19.0. The molecule has 1 atom stereocenters. The van der Waals surface area contributed by atoms with E-state index in [4.69, 9.17) is 10.2 Å². The van der Waals surface area contributed by atoms with Crippen LogP contribution in [0.4, 0.5) is 5.69 Å². The molecule has 17 heavy (non-hydrogen) atoms. The van der Waals surface area contributed by atoms with Gasteiger partial charge in [-0.1, -0.05) is 24.3 Å². The van der Waals surface area contributed by atoms with Crippen LogP contribution in [0.3, 0.4) is 0 Å². The number of hydrogen-bond donors (Lipinski definition) is 1. The van der Waals surface area contributed by atoms with Gasteiger partial charge in [-0.25, -0.2) is 0 Å². The van der Waals surface area contributed by atoms with Gasteiger partial charge in [0.25, 0.3) is 0 Å². The Kier molecular flexibility index (Phi) is 2.29. The third-order valence-electron chi connectivity index (χ3n) is 3.38. The molecule has 0 aliphatic heterocycles. The van der Waals surface area contributed by atoms with Crippen LogP contribution in [-0.2, 0) is 0 Å². The SMILES string of the molecule is Cc1cc(C2C=CC=CC2)c(N)c2ccoc12. The molecule has 1 aromatic heterocycles. The van der Waals surface area contributed by atoms with Crippen molar-refractivity contribution in [1.29, 1.82) is 0 Å². The van der Waals surface area contributed by atoms with Crippen molar-refractivity contribution in [3.8, 4) is 0 Å². The van der Waals surface area contributed by atoms with Crippen molar-refractivity contribution in [2.75, 3.05) is 5.73 Å². The van der Waals surface area contributed by atoms with Crippen molar-refractivity contribution < 1.29 is 4.42 Å². The van der Waals surface area contributed by atoms with Gasteiger partial charge in [0.05, 0.1) is 6.26 Å². The van der Waals surface area contributed by atoms with Gasteiger partial charge in [0, 0.05) is 17.0 Å². The van der Waals surface area contributed by atoms with E-state index < -0.39 is 0 Å². The molecule has 1 aliphatic rings. The summed E-state index contributed by atoms with van der Waals surface area (Å²) < 4.78 is 5.46. The number of allylic oxidation sites excluding steroid dienone is 4. The minimum atomic E-state index is 0.387. The third-order valence-corrected chi connectivity index (χ3v) is 3.38. The van der Waals surface area contributed by atoms with Gasteiger partial charge in [0.15, 0.2) is 0 Å². The van der Waals surface area contributed by atoms with Gasteiger partial charge >= 0.3 is 0 Å². The van der Waals surface area contributed by atoms with E-state index in [0.29, 0.717) is 5.92 Å². The molecule has 0 saturated heterocycles. The summed E-state index contributed by atoms with van der Waals surface area (Å²) >= 11 is 0. The Morgan fingerprint density at radius 2 is 2.24 bits per heavy atom. The Bertz CT molecular complexity index is 619. The average Bonchev–Trinajstić information content (AvgIpc) is 2.85. The van der Waals surface area contributed by atoms with E-state index in [-0.39, 0.29) is 0 Å². The summed E-state index contributed by atoms with van der Waals surface area (Å²) in [5.74, 6) is 0.387. The van der Waals surface area contributed by atoms with Crippen LogP contribution in [0.1, 0.15) is 23.5 Å². The first-order valence-electron chi connectivity index (χ1n) is 5.87. The largest absolute Gasteiger partial charge is 0.464 e. The predicted molar refractivity (Wildman–Crippen MR) is 71.0 cm³/mol. The van der Waals surface area contributed by atoms with Crippen molar-refractivity contribution in [2.24, 2.45) is 0 Å². The zero-order valence-corrected chi connectivity index (χ0v) is 9.81. The van der Waals surface area contributed by atoms with Gasteiger partial charge in [-0.3, -0.25) is 0 Å². The summed E-state index contributed by atoms with van der Waals surface area (Å²) in [6, 6.07) is 4.10. The van der Waals surface area contributed by atoms with Crippen LogP contribution < -0.4 is 5.73 Å². The Balaban J connectivity index is 2.19. The molecule has 86 valence electrons. The molecule has 1 unspecified atom stereocenters. The number of hydrogen-bond acceptors (Lipinski definition) is 2. The van der Waals surface area contributed by atoms with E-state index in [1.807, 2.05) is 6.07 Å². The lowest BCUT2D eigenvalue weighted by Crippen LogP contribution is -2.02. The molecular formula is C15H15NO. The fraction of sp³-hybridized carbons (Fsp3) is 0.200. The fourth-order valence-corrected chi connectivity index (χ4v) is 2.48. The molecule has 2 aromatic rings. The van der Waals surface area contributed by atoms with Crippen LogP contribution in [-0.4, -0.2) is 0 Å². The Hall–Kier alpha value is -1.96. The van der Waals surface area contributed by atoms with Crippen LogP contribution >= 0.6 is 0 Å². The van der Waals surface area contributed by atoms with Crippen LogP contribution in [0.2, 0.25) is 0 Å². The second-order valence-corrected chi connectivity index (χ2v) is 4.52. The highest BCUT2D eigenvalue weighted by Gasteiger charge is 2.16. The minimum absolute atomic E-state index is 0.387. The number of anilines is 1. The van der Waals surface area contributed by atoms with Crippen LogP contribution in [0.15, 0.2) is 47.1 Å². The van der Waals surface area contributed by atoms with E-state index in [2.05, 4.69) is 37.3 Å². The zero-order chi connectivity index (χ0) is 11.8. The summed E-state index contributed by atoms with van der Waals surface area (Å²) in [5, 5.41) is 1.03. The second-order valence-electron chi connectivity index (χ2n) is 4.52. The summed E-state index contributed by atoms with van der Waals surface area (Å²) in [4.78, 5) is 0. The lowest BCUT2D eigenvalue weighted by atomic mass is 9.89. The van der Waals surface area contributed by atoms with Crippen molar-refractivity contribution in [3.05, 3.63) is 53.8 Å². The van der Waals surface area contributed by atoms with E-state index >= 15 is 0 Å². The summed E-state index contributed by atoms with van der Waals surface area (Å²) in [6.07, 6.45) is 11.3. The van der Waals surface area contributed by atoms with E-state index in [1.54, 1.807) is 6.26 Å². The maximum absolute atomic E-state index is 6.25. The highest BCUT2D eigenvalue weighted by atomic mass is 16.3. The van der Waals surface area contributed by atoms with Crippen molar-refractivity contribution >= 4 is 16.7 Å². The molecule has 0 radical (unpaired) electrons. The predicted octanol–water partition coefficient (Wildman–Crippen LogP) is 3.92. The number of fused-ring (bicyclic) bond motifs is 1. The topological polar surface area (TPSA) is 39.2 Å². The first kappa shape index (κ1) is 10.2. The monoisotopic (exact) mass is 225 g/mol. The fourth-order valence-electron chi connectivity index (χ4n) is 2.48. The maximum Gasteiger partial charge on any atom is 0.138 e. The maximum atomic E-state index is 6.25. The molecule has 0 amide bonds. The Morgan fingerprint density at radius 3 is 3.00 bits per heavy atom. The zero-order valence-electron chi connectivity index (χ0n) is 9.81.